The van der Waals surface area contributed by atoms with Gasteiger partial charge in [-0.05, 0) is 42.3 Å². The number of hydrogen-bond acceptors (Lipinski definition) is 2. The summed E-state index contributed by atoms with van der Waals surface area (Å²) < 4.78 is 0. The predicted molar refractivity (Wildman–Crippen MR) is 176 cm³/mol. The molecule has 2 heteroatoms. The highest BCUT2D eigenvalue weighted by Crippen LogP contribution is 2.50. The second-order valence-corrected chi connectivity index (χ2v) is 10.6. The lowest BCUT2D eigenvalue weighted by molar-refractivity contribution is 0.611. The Hall–Kier alpha value is -5.08. The van der Waals surface area contributed by atoms with Crippen molar-refractivity contribution >= 4 is 50.0 Å². The minimum absolute atomic E-state index is 0.180. The van der Waals surface area contributed by atoms with Gasteiger partial charge in [0.2, 0.25) is 0 Å². The molecule has 2 atom stereocenters. The van der Waals surface area contributed by atoms with Gasteiger partial charge in [-0.1, -0.05) is 134 Å². The fourth-order valence-electron chi connectivity index (χ4n) is 6.21. The highest BCUT2D eigenvalue weighted by atomic mass is 15.2. The van der Waals surface area contributed by atoms with E-state index in [2.05, 4.69) is 181 Å². The van der Waals surface area contributed by atoms with Crippen LogP contribution < -0.4 is 9.80 Å². The van der Waals surface area contributed by atoms with Crippen molar-refractivity contribution in [2.45, 2.75) is 13.0 Å². The molecule has 6 aromatic carbocycles. The minimum Gasteiger partial charge on any atom is -0.333 e. The van der Waals surface area contributed by atoms with Crippen molar-refractivity contribution < 1.29 is 0 Å². The summed E-state index contributed by atoms with van der Waals surface area (Å²) in [6, 6.07) is 50.2. The fraction of sp³-hybridized carbons (Fsp3) is 0.0769. The van der Waals surface area contributed by atoms with Crippen LogP contribution in [0.4, 0.5) is 28.4 Å². The van der Waals surface area contributed by atoms with Crippen LogP contribution in [0.15, 0.2) is 164 Å². The monoisotopic (exact) mass is 528 g/mol. The van der Waals surface area contributed by atoms with Crippen LogP contribution in [0.2, 0.25) is 0 Å². The Morgan fingerprint density at radius 3 is 1.27 bits per heavy atom. The molecule has 0 radical (unpaired) electrons. The van der Waals surface area contributed by atoms with Gasteiger partial charge in [0.15, 0.2) is 0 Å². The van der Waals surface area contributed by atoms with Gasteiger partial charge in [-0.25, -0.2) is 0 Å². The molecular weight excluding hydrogens is 496 g/mol. The zero-order valence-electron chi connectivity index (χ0n) is 23.1. The molecule has 198 valence electrons. The van der Waals surface area contributed by atoms with Crippen LogP contribution >= 0.6 is 0 Å². The Kier molecular flexibility index (Phi) is 6.58. The van der Waals surface area contributed by atoms with E-state index in [9.17, 15) is 0 Å². The van der Waals surface area contributed by atoms with Crippen molar-refractivity contribution in [3.05, 3.63) is 164 Å². The third-order valence-corrected chi connectivity index (χ3v) is 8.07. The van der Waals surface area contributed by atoms with Crippen LogP contribution in [0.25, 0.3) is 21.5 Å². The van der Waals surface area contributed by atoms with E-state index in [0.717, 1.165) is 11.4 Å². The van der Waals surface area contributed by atoms with Crippen LogP contribution in [-0.2, 0) is 0 Å². The molecule has 1 aliphatic carbocycles. The summed E-state index contributed by atoms with van der Waals surface area (Å²) >= 11 is 0. The summed E-state index contributed by atoms with van der Waals surface area (Å²) in [6.07, 6.45) is 9.01. The fourth-order valence-corrected chi connectivity index (χ4v) is 6.21. The first kappa shape index (κ1) is 24.9. The summed E-state index contributed by atoms with van der Waals surface area (Å²) in [5.74, 6) is 0.350. The maximum absolute atomic E-state index is 2.55. The van der Waals surface area contributed by atoms with Gasteiger partial charge in [0.1, 0.15) is 0 Å². The molecule has 6 aromatic rings. The standard InChI is InChI=1S/C39H32N2/c1-29-17-11-16-28-37(29)41(32-22-9-4-10-23-32)39-35-26-14-12-24-33(35)38(34-25-13-15-27-36(34)39)40(30-18-5-2-6-19-30)31-20-7-3-8-21-31/h2-29,37H,1H3. The van der Waals surface area contributed by atoms with Crippen LogP contribution in [0, 0.1) is 5.92 Å². The maximum atomic E-state index is 2.55. The summed E-state index contributed by atoms with van der Waals surface area (Å²) in [6.45, 7) is 2.31. The smallest absolute Gasteiger partial charge is 0.0619 e. The lowest BCUT2D eigenvalue weighted by atomic mass is 9.91. The van der Waals surface area contributed by atoms with Crippen molar-refractivity contribution in [1.29, 1.82) is 0 Å². The van der Waals surface area contributed by atoms with Crippen molar-refractivity contribution in [2.24, 2.45) is 5.92 Å². The normalized spacial score (nSPS) is 16.2. The third kappa shape index (κ3) is 4.48. The van der Waals surface area contributed by atoms with Gasteiger partial charge in [-0.3, -0.25) is 0 Å². The zero-order chi connectivity index (χ0) is 27.6. The molecule has 0 heterocycles. The third-order valence-electron chi connectivity index (χ3n) is 8.07. The molecule has 0 fully saturated rings. The molecule has 2 unspecified atom stereocenters. The van der Waals surface area contributed by atoms with E-state index in [4.69, 9.17) is 0 Å². The Bertz CT molecular complexity index is 1760. The SMILES string of the molecule is CC1C=CC=CC1N(c1ccccc1)c1c2ccccc2c(N(c2ccccc2)c2ccccc2)c2ccccc12. The largest absolute Gasteiger partial charge is 0.333 e. The lowest BCUT2D eigenvalue weighted by Gasteiger charge is -2.38. The molecule has 0 saturated carbocycles. The molecule has 0 saturated heterocycles. The van der Waals surface area contributed by atoms with Crippen molar-refractivity contribution in [3.63, 3.8) is 0 Å². The maximum Gasteiger partial charge on any atom is 0.0619 e. The van der Waals surface area contributed by atoms with E-state index >= 15 is 0 Å². The Labute approximate surface area is 242 Å². The van der Waals surface area contributed by atoms with Gasteiger partial charge in [0, 0.05) is 38.6 Å². The number of allylic oxidation sites excluding steroid dienone is 2. The number of rotatable bonds is 6. The Morgan fingerprint density at radius 1 is 0.415 bits per heavy atom. The Morgan fingerprint density at radius 2 is 0.805 bits per heavy atom. The average molecular weight is 529 g/mol. The van der Waals surface area contributed by atoms with E-state index in [1.54, 1.807) is 0 Å². The van der Waals surface area contributed by atoms with Gasteiger partial charge in [0.05, 0.1) is 17.4 Å². The topological polar surface area (TPSA) is 6.48 Å². The summed E-state index contributed by atoms with van der Waals surface area (Å²) in [5.41, 5.74) is 5.89. The average Bonchev–Trinajstić information content (AvgIpc) is 3.04. The number of benzene rings is 6. The van der Waals surface area contributed by atoms with Gasteiger partial charge >= 0.3 is 0 Å². The van der Waals surface area contributed by atoms with E-state index < -0.39 is 0 Å². The van der Waals surface area contributed by atoms with Crippen molar-refractivity contribution in [2.75, 3.05) is 9.80 Å². The molecule has 1 aliphatic rings. The molecule has 0 aliphatic heterocycles. The number of para-hydroxylation sites is 3. The van der Waals surface area contributed by atoms with E-state index in [0.29, 0.717) is 5.92 Å². The van der Waals surface area contributed by atoms with Gasteiger partial charge < -0.3 is 9.80 Å². The van der Waals surface area contributed by atoms with Gasteiger partial charge in [-0.15, -0.1) is 0 Å². The second kappa shape index (κ2) is 10.8. The van der Waals surface area contributed by atoms with E-state index in [1.165, 1.54) is 38.6 Å². The number of fused-ring (bicyclic) bond motifs is 2. The zero-order valence-corrected chi connectivity index (χ0v) is 23.1. The molecule has 7 rings (SSSR count). The van der Waals surface area contributed by atoms with Crippen molar-refractivity contribution in [3.8, 4) is 0 Å². The van der Waals surface area contributed by atoms with Crippen LogP contribution in [-0.4, -0.2) is 6.04 Å². The highest BCUT2D eigenvalue weighted by Gasteiger charge is 2.29. The number of hydrogen-bond donors (Lipinski definition) is 0. The minimum atomic E-state index is 0.180. The number of anilines is 5. The summed E-state index contributed by atoms with van der Waals surface area (Å²) in [4.78, 5) is 4.96. The quantitative estimate of drug-likeness (QED) is 0.157. The van der Waals surface area contributed by atoms with E-state index in [-0.39, 0.29) is 6.04 Å². The first-order valence-electron chi connectivity index (χ1n) is 14.3. The molecule has 2 nitrogen and oxygen atoms in total. The Balaban J connectivity index is 1.60. The lowest BCUT2D eigenvalue weighted by Crippen LogP contribution is -2.35. The molecule has 0 bridgehead atoms. The van der Waals surface area contributed by atoms with Crippen molar-refractivity contribution in [1.82, 2.24) is 0 Å². The van der Waals surface area contributed by atoms with Gasteiger partial charge in [-0.2, -0.15) is 0 Å². The molecule has 0 spiro atoms. The second-order valence-electron chi connectivity index (χ2n) is 10.6. The summed E-state index contributed by atoms with van der Waals surface area (Å²) in [7, 11) is 0. The number of nitrogens with zero attached hydrogens (tertiary/aromatic N) is 2. The van der Waals surface area contributed by atoms with Crippen LogP contribution in [0.5, 0.6) is 0 Å². The first-order chi connectivity index (χ1) is 20.3. The van der Waals surface area contributed by atoms with Gasteiger partial charge in [0.25, 0.3) is 0 Å². The first-order valence-corrected chi connectivity index (χ1v) is 14.3. The predicted octanol–water partition coefficient (Wildman–Crippen LogP) is 10.7. The molecule has 0 amide bonds. The van der Waals surface area contributed by atoms with Crippen LogP contribution in [0.3, 0.4) is 0 Å². The molecule has 0 aromatic heterocycles. The van der Waals surface area contributed by atoms with E-state index in [1.807, 2.05) is 0 Å². The summed E-state index contributed by atoms with van der Waals surface area (Å²) in [5, 5.41) is 4.91. The molecule has 0 N–H and O–H groups in total. The highest BCUT2D eigenvalue weighted by molar-refractivity contribution is 6.22. The molecular formula is C39H32N2. The molecule has 41 heavy (non-hydrogen) atoms. The van der Waals surface area contributed by atoms with Crippen LogP contribution in [0.1, 0.15) is 6.92 Å².